The highest BCUT2D eigenvalue weighted by Crippen LogP contribution is 2.35. The van der Waals surface area contributed by atoms with Crippen molar-refractivity contribution in [3.63, 3.8) is 0 Å². The standard InChI is InChI=1S/C24H22F3N5O/c25-24(26,27)21-15-29-23(31-18-8-6-16(14-28)7-9-18)32-22(21)30-17-10-12-20(13-11-17)33-19-4-2-1-3-5-19/h6-13,15,19H,1-5H2,(H2,29,30,31,32). The SMILES string of the molecule is N#Cc1ccc(Nc2ncc(C(F)(F)F)c(Nc3ccc(OC4CCCCC4)cc3)n2)cc1. The van der Waals surface area contributed by atoms with Gasteiger partial charge >= 0.3 is 6.18 Å². The second-order valence-electron chi connectivity index (χ2n) is 7.80. The molecule has 0 aliphatic heterocycles. The molecule has 4 rings (SSSR count). The molecule has 0 radical (unpaired) electrons. The molecule has 0 amide bonds. The number of ether oxygens (including phenoxy) is 1. The van der Waals surface area contributed by atoms with Gasteiger partial charge in [0.1, 0.15) is 17.1 Å². The number of halogens is 3. The number of nitriles is 1. The molecule has 0 saturated heterocycles. The van der Waals surface area contributed by atoms with Crippen molar-refractivity contribution in [3.8, 4) is 11.8 Å². The molecule has 2 aromatic carbocycles. The molecular weight excluding hydrogens is 431 g/mol. The van der Waals surface area contributed by atoms with Gasteiger partial charge in [-0.2, -0.15) is 23.4 Å². The monoisotopic (exact) mass is 453 g/mol. The average Bonchev–Trinajstić information content (AvgIpc) is 2.81. The minimum absolute atomic E-state index is 0.00698. The van der Waals surface area contributed by atoms with E-state index < -0.39 is 11.7 Å². The Labute approximate surface area is 189 Å². The third-order valence-corrected chi connectivity index (χ3v) is 5.34. The zero-order valence-electron chi connectivity index (χ0n) is 17.7. The molecule has 1 heterocycles. The molecule has 0 spiro atoms. The summed E-state index contributed by atoms with van der Waals surface area (Å²) in [6.07, 6.45) is 1.86. The predicted molar refractivity (Wildman–Crippen MR) is 119 cm³/mol. The normalized spacial score (nSPS) is 14.4. The van der Waals surface area contributed by atoms with Crippen molar-refractivity contribution in [1.29, 1.82) is 5.26 Å². The molecule has 3 aromatic rings. The fourth-order valence-electron chi connectivity index (χ4n) is 3.63. The first-order valence-electron chi connectivity index (χ1n) is 10.7. The highest BCUT2D eigenvalue weighted by molar-refractivity contribution is 5.63. The van der Waals surface area contributed by atoms with E-state index in [1.807, 2.05) is 6.07 Å². The second-order valence-corrected chi connectivity index (χ2v) is 7.80. The van der Waals surface area contributed by atoms with Crippen LogP contribution in [0.4, 0.5) is 36.3 Å². The number of hydrogen-bond donors (Lipinski definition) is 2. The van der Waals surface area contributed by atoms with Gasteiger partial charge in [-0.15, -0.1) is 0 Å². The van der Waals surface area contributed by atoms with Crippen LogP contribution < -0.4 is 15.4 Å². The molecule has 1 aliphatic carbocycles. The first-order chi connectivity index (χ1) is 15.9. The molecule has 1 saturated carbocycles. The maximum absolute atomic E-state index is 13.5. The maximum Gasteiger partial charge on any atom is 0.421 e. The Kier molecular flexibility index (Phi) is 6.63. The molecule has 1 fully saturated rings. The van der Waals surface area contributed by atoms with E-state index in [1.165, 1.54) is 6.42 Å². The van der Waals surface area contributed by atoms with E-state index >= 15 is 0 Å². The maximum atomic E-state index is 13.5. The van der Waals surface area contributed by atoms with E-state index in [0.717, 1.165) is 31.9 Å². The lowest BCUT2D eigenvalue weighted by atomic mass is 9.98. The van der Waals surface area contributed by atoms with Crippen LogP contribution >= 0.6 is 0 Å². The number of rotatable bonds is 6. The summed E-state index contributed by atoms with van der Waals surface area (Å²) in [6.45, 7) is 0. The minimum atomic E-state index is -4.63. The fraction of sp³-hybridized carbons (Fsp3) is 0.292. The summed E-state index contributed by atoms with van der Waals surface area (Å²) in [5, 5.41) is 14.5. The van der Waals surface area contributed by atoms with Crippen molar-refractivity contribution in [3.05, 3.63) is 65.9 Å². The molecule has 0 bridgehead atoms. The van der Waals surface area contributed by atoms with Crippen LogP contribution in [0.15, 0.2) is 54.7 Å². The van der Waals surface area contributed by atoms with Crippen molar-refractivity contribution in [2.45, 2.75) is 44.4 Å². The summed E-state index contributed by atoms with van der Waals surface area (Å²) in [7, 11) is 0. The number of anilines is 4. The van der Waals surface area contributed by atoms with Gasteiger partial charge in [0.25, 0.3) is 0 Å². The molecule has 33 heavy (non-hydrogen) atoms. The Hall–Kier alpha value is -3.80. The van der Waals surface area contributed by atoms with Gasteiger partial charge in [-0.1, -0.05) is 6.42 Å². The van der Waals surface area contributed by atoms with Gasteiger partial charge in [-0.3, -0.25) is 0 Å². The number of aromatic nitrogens is 2. The predicted octanol–water partition coefficient (Wildman–Crippen LogP) is 6.57. The molecular formula is C24H22F3N5O. The Morgan fingerprint density at radius 1 is 0.909 bits per heavy atom. The first-order valence-corrected chi connectivity index (χ1v) is 10.7. The first kappa shape index (κ1) is 22.4. The van der Waals surface area contributed by atoms with Gasteiger partial charge in [-0.25, -0.2) is 4.98 Å². The third kappa shape index (κ3) is 5.92. The molecule has 1 aromatic heterocycles. The van der Waals surface area contributed by atoms with Crippen LogP contribution in [0.1, 0.15) is 43.2 Å². The van der Waals surface area contributed by atoms with Crippen LogP contribution in [-0.4, -0.2) is 16.1 Å². The van der Waals surface area contributed by atoms with E-state index in [2.05, 4.69) is 20.6 Å². The molecule has 2 N–H and O–H groups in total. The lowest BCUT2D eigenvalue weighted by Crippen LogP contribution is -2.19. The van der Waals surface area contributed by atoms with Gasteiger partial charge in [0.15, 0.2) is 0 Å². The van der Waals surface area contributed by atoms with Gasteiger partial charge in [0, 0.05) is 17.6 Å². The Balaban J connectivity index is 1.51. The van der Waals surface area contributed by atoms with Gasteiger partial charge in [0.2, 0.25) is 5.95 Å². The smallest absolute Gasteiger partial charge is 0.421 e. The molecule has 170 valence electrons. The number of nitrogens with zero attached hydrogens (tertiary/aromatic N) is 3. The Bertz CT molecular complexity index is 1120. The van der Waals surface area contributed by atoms with E-state index in [-0.39, 0.29) is 17.9 Å². The highest BCUT2D eigenvalue weighted by atomic mass is 19.4. The zero-order chi connectivity index (χ0) is 23.3. The molecule has 1 aliphatic rings. The second kappa shape index (κ2) is 9.77. The third-order valence-electron chi connectivity index (χ3n) is 5.34. The molecule has 0 atom stereocenters. The average molecular weight is 453 g/mol. The fourth-order valence-corrected chi connectivity index (χ4v) is 3.63. The van der Waals surface area contributed by atoms with Gasteiger partial charge < -0.3 is 15.4 Å². The summed E-state index contributed by atoms with van der Waals surface area (Å²) in [6, 6.07) is 15.2. The molecule has 6 nitrogen and oxygen atoms in total. The topological polar surface area (TPSA) is 82.9 Å². The zero-order valence-corrected chi connectivity index (χ0v) is 17.7. The van der Waals surface area contributed by atoms with Gasteiger partial charge in [-0.05, 0) is 74.2 Å². The van der Waals surface area contributed by atoms with Crippen LogP contribution in [0.3, 0.4) is 0 Å². The largest absolute Gasteiger partial charge is 0.490 e. The van der Waals surface area contributed by atoms with E-state index in [1.54, 1.807) is 48.5 Å². The number of hydrogen-bond acceptors (Lipinski definition) is 6. The van der Waals surface area contributed by atoms with Crippen molar-refractivity contribution in [1.82, 2.24) is 9.97 Å². The summed E-state index contributed by atoms with van der Waals surface area (Å²) >= 11 is 0. The minimum Gasteiger partial charge on any atom is -0.490 e. The summed E-state index contributed by atoms with van der Waals surface area (Å²) in [4.78, 5) is 7.84. The number of benzene rings is 2. The molecule has 0 unspecified atom stereocenters. The van der Waals surface area contributed by atoms with Crippen molar-refractivity contribution in [2.24, 2.45) is 0 Å². The quantitative estimate of drug-likeness (QED) is 0.439. The van der Waals surface area contributed by atoms with Crippen LogP contribution in [0.25, 0.3) is 0 Å². The van der Waals surface area contributed by atoms with E-state index in [4.69, 9.17) is 10.00 Å². The lowest BCUT2D eigenvalue weighted by Gasteiger charge is -2.23. The lowest BCUT2D eigenvalue weighted by molar-refractivity contribution is -0.137. The van der Waals surface area contributed by atoms with Crippen LogP contribution in [0.5, 0.6) is 5.75 Å². The summed E-state index contributed by atoms with van der Waals surface area (Å²) < 4.78 is 46.6. The Morgan fingerprint density at radius 2 is 1.55 bits per heavy atom. The number of nitrogens with one attached hydrogen (secondary N) is 2. The van der Waals surface area contributed by atoms with E-state index in [9.17, 15) is 13.2 Å². The van der Waals surface area contributed by atoms with Crippen LogP contribution in [0, 0.1) is 11.3 Å². The number of alkyl halides is 3. The summed E-state index contributed by atoms with van der Waals surface area (Å²) in [5.74, 6) is 0.316. The van der Waals surface area contributed by atoms with Gasteiger partial charge in [0.05, 0.1) is 17.7 Å². The Morgan fingerprint density at radius 3 is 2.18 bits per heavy atom. The van der Waals surface area contributed by atoms with Crippen molar-refractivity contribution in [2.75, 3.05) is 10.6 Å². The molecule has 9 heteroatoms. The van der Waals surface area contributed by atoms with Crippen molar-refractivity contribution < 1.29 is 17.9 Å². The summed E-state index contributed by atoms with van der Waals surface area (Å²) in [5.41, 5.74) is 0.478. The van der Waals surface area contributed by atoms with Crippen molar-refractivity contribution >= 4 is 23.1 Å². The van der Waals surface area contributed by atoms with E-state index in [0.29, 0.717) is 22.7 Å². The highest BCUT2D eigenvalue weighted by Gasteiger charge is 2.35. The van der Waals surface area contributed by atoms with Crippen LogP contribution in [-0.2, 0) is 6.18 Å². The van der Waals surface area contributed by atoms with Crippen LogP contribution in [0.2, 0.25) is 0 Å².